The quantitative estimate of drug-likeness (QED) is 0.775. The van der Waals surface area contributed by atoms with Gasteiger partial charge in [-0.1, -0.05) is 24.3 Å². The predicted octanol–water partition coefficient (Wildman–Crippen LogP) is 3.18. The topological polar surface area (TPSA) is 61.4 Å². The molecule has 4 rings (SSSR count). The lowest BCUT2D eigenvalue weighted by Crippen LogP contribution is -2.49. The minimum atomic E-state index is 0.0226. The van der Waals surface area contributed by atoms with Crippen molar-refractivity contribution in [2.24, 2.45) is 0 Å². The second-order valence-corrected chi connectivity index (χ2v) is 6.39. The van der Waals surface area contributed by atoms with Crippen LogP contribution in [0.1, 0.15) is 10.4 Å². The third-order valence-electron chi connectivity index (χ3n) is 4.60. The highest BCUT2D eigenvalue weighted by atomic mass is 16.2. The summed E-state index contributed by atoms with van der Waals surface area (Å²) in [5.74, 6) is 1.70. The fraction of sp³-hybridized carbons (Fsp3) is 0.190. The Bertz CT molecular complexity index is 875. The standard InChI is InChI=1S/C21H21N5O/c27-21(26-14-12-25(13-15-26)20-8-4-5-11-22-20)17-9-10-19(23-16-17)24-18-6-2-1-3-7-18/h1-11,16H,12-15H2,(H,23,24). The second-order valence-electron chi connectivity index (χ2n) is 6.39. The Morgan fingerprint density at radius 3 is 2.30 bits per heavy atom. The lowest BCUT2D eigenvalue weighted by molar-refractivity contribution is 0.0746. The number of carbonyl (C=O) groups excluding carboxylic acids is 1. The summed E-state index contributed by atoms with van der Waals surface area (Å²) < 4.78 is 0. The van der Waals surface area contributed by atoms with Gasteiger partial charge < -0.3 is 15.1 Å². The third kappa shape index (κ3) is 4.06. The molecule has 1 aliphatic heterocycles. The van der Waals surface area contributed by atoms with Gasteiger partial charge in [0, 0.05) is 44.3 Å². The first-order valence-electron chi connectivity index (χ1n) is 9.03. The van der Waals surface area contributed by atoms with Crippen molar-refractivity contribution < 1.29 is 4.79 Å². The van der Waals surface area contributed by atoms with Gasteiger partial charge in [0.25, 0.3) is 5.91 Å². The molecule has 3 aromatic rings. The van der Waals surface area contributed by atoms with Gasteiger partial charge in [-0.2, -0.15) is 0 Å². The Labute approximate surface area is 158 Å². The number of hydrogen-bond donors (Lipinski definition) is 1. The number of nitrogens with zero attached hydrogens (tertiary/aromatic N) is 4. The number of pyridine rings is 2. The van der Waals surface area contributed by atoms with Crippen molar-refractivity contribution in [1.82, 2.24) is 14.9 Å². The minimum Gasteiger partial charge on any atom is -0.353 e. The normalized spacial score (nSPS) is 14.1. The first kappa shape index (κ1) is 17.0. The number of nitrogens with one attached hydrogen (secondary N) is 1. The third-order valence-corrected chi connectivity index (χ3v) is 4.60. The molecule has 1 aromatic carbocycles. The van der Waals surface area contributed by atoms with Gasteiger partial charge in [-0.3, -0.25) is 4.79 Å². The molecule has 0 saturated carbocycles. The van der Waals surface area contributed by atoms with Crippen LogP contribution in [-0.4, -0.2) is 47.0 Å². The number of piperazine rings is 1. The number of para-hydroxylation sites is 1. The van der Waals surface area contributed by atoms with Crippen LogP contribution in [-0.2, 0) is 0 Å². The van der Waals surface area contributed by atoms with Gasteiger partial charge in [0.15, 0.2) is 0 Å². The van der Waals surface area contributed by atoms with Crippen molar-refractivity contribution in [3.8, 4) is 0 Å². The van der Waals surface area contributed by atoms with Crippen molar-refractivity contribution in [1.29, 1.82) is 0 Å². The lowest BCUT2D eigenvalue weighted by Gasteiger charge is -2.35. The summed E-state index contributed by atoms with van der Waals surface area (Å²) in [5, 5.41) is 3.22. The summed E-state index contributed by atoms with van der Waals surface area (Å²) in [7, 11) is 0. The predicted molar refractivity (Wildman–Crippen MR) is 106 cm³/mol. The monoisotopic (exact) mass is 359 g/mol. The van der Waals surface area contributed by atoms with Crippen LogP contribution in [0.3, 0.4) is 0 Å². The zero-order chi connectivity index (χ0) is 18.5. The van der Waals surface area contributed by atoms with Gasteiger partial charge in [-0.15, -0.1) is 0 Å². The molecule has 0 spiro atoms. The Morgan fingerprint density at radius 2 is 1.63 bits per heavy atom. The van der Waals surface area contributed by atoms with Gasteiger partial charge in [0.2, 0.25) is 0 Å². The Balaban J connectivity index is 1.36. The lowest BCUT2D eigenvalue weighted by atomic mass is 10.2. The molecule has 6 nitrogen and oxygen atoms in total. The van der Waals surface area contributed by atoms with E-state index >= 15 is 0 Å². The molecule has 0 bridgehead atoms. The molecular weight excluding hydrogens is 338 g/mol. The van der Waals surface area contributed by atoms with Crippen LogP contribution in [0.15, 0.2) is 73.1 Å². The summed E-state index contributed by atoms with van der Waals surface area (Å²) in [6, 6.07) is 19.4. The van der Waals surface area contributed by atoms with E-state index in [1.165, 1.54) is 0 Å². The summed E-state index contributed by atoms with van der Waals surface area (Å²) in [4.78, 5) is 25.6. The van der Waals surface area contributed by atoms with E-state index in [0.29, 0.717) is 18.7 Å². The number of benzene rings is 1. The van der Waals surface area contributed by atoms with Crippen LogP contribution in [0.4, 0.5) is 17.3 Å². The number of rotatable bonds is 4. The minimum absolute atomic E-state index is 0.0226. The van der Waals surface area contributed by atoms with Crippen LogP contribution in [0.2, 0.25) is 0 Å². The highest BCUT2D eigenvalue weighted by Gasteiger charge is 2.22. The van der Waals surface area contributed by atoms with E-state index in [1.807, 2.05) is 65.6 Å². The molecule has 6 heteroatoms. The molecule has 27 heavy (non-hydrogen) atoms. The van der Waals surface area contributed by atoms with Crippen molar-refractivity contribution >= 4 is 23.2 Å². The molecule has 1 aliphatic rings. The average Bonchev–Trinajstić information content (AvgIpc) is 2.75. The van der Waals surface area contributed by atoms with Crippen LogP contribution in [0, 0.1) is 0 Å². The van der Waals surface area contributed by atoms with Crippen molar-refractivity contribution in [3.63, 3.8) is 0 Å². The number of carbonyl (C=O) groups is 1. The van der Waals surface area contributed by atoms with Gasteiger partial charge in [-0.05, 0) is 36.4 Å². The number of hydrogen-bond acceptors (Lipinski definition) is 5. The Kier molecular flexibility index (Phi) is 4.96. The maximum Gasteiger partial charge on any atom is 0.255 e. The van der Waals surface area contributed by atoms with Crippen LogP contribution < -0.4 is 10.2 Å². The fourth-order valence-corrected chi connectivity index (χ4v) is 3.13. The van der Waals surface area contributed by atoms with Crippen molar-refractivity contribution in [2.75, 3.05) is 36.4 Å². The molecule has 1 fully saturated rings. The van der Waals surface area contributed by atoms with Crippen molar-refractivity contribution in [3.05, 3.63) is 78.6 Å². The molecule has 136 valence electrons. The van der Waals surface area contributed by atoms with Crippen LogP contribution >= 0.6 is 0 Å². The molecule has 0 unspecified atom stereocenters. The van der Waals surface area contributed by atoms with E-state index in [9.17, 15) is 4.79 Å². The Morgan fingerprint density at radius 1 is 0.852 bits per heavy atom. The van der Waals surface area contributed by atoms with E-state index < -0.39 is 0 Å². The zero-order valence-electron chi connectivity index (χ0n) is 15.0. The molecule has 2 aromatic heterocycles. The summed E-state index contributed by atoms with van der Waals surface area (Å²) in [6.45, 7) is 2.92. The van der Waals surface area contributed by atoms with Gasteiger partial charge in [0.05, 0.1) is 5.56 Å². The molecule has 3 heterocycles. The average molecular weight is 359 g/mol. The molecular formula is C21H21N5O. The van der Waals surface area contributed by atoms with Gasteiger partial charge in [-0.25, -0.2) is 9.97 Å². The molecule has 0 radical (unpaired) electrons. The summed E-state index contributed by atoms with van der Waals surface area (Å²) in [5.41, 5.74) is 1.58. The van der Waals surface area contributed by atoms with Crippen LogP contribution in [0.25, 0.3) is 0 Å². The largest absolute Gasteiger partial charge is 0.353 e. The SMILES string of the molecule is O=C(c1ccc(Nc2ccccc2)nc1)N1CCN(c2ccccn2)CC1. The van der Waals surface area contributed by atoms with Gasteiger partial charge >= 0.3 is 0 Å². The van der Waals surface area contributed by atoms with Gasteiger partial charge in [0.1, 0.15) is 11.6 Å². The number of amides is 1. The first-order valence-corrected chi connectivity index (χ1v) is 9.03. The van der Waals surface area contributed by atoms with Crippen LogP contribution in [0.5, 0.6) is 0 Å². The zero-order valence-corrected chi connectivity index (χ0v) is 15.0. The first-order chi connectivity index (χ1) is 13.3. The molecule has 1 saturated heterocycles. The smallest absolute Gasteiger partial charge is 0.255 e. The summed E-state index contributed by atoms with van der Waals surface area (Å²) >= 11 is 0. The molecule has 1 N–H and O–H groups in total. The molecule has 1 amide bonds. The number of anilines is 3. The molecule has 0 aliphatic carbocycles. The second kappa shape index (κ2) is 7.86. The maximum absolute atomic E-state index is 12.7. The van der Waals surface area contributed by atoms with E-state index in [2.05, 4.69) is 20.2 Å². The maximum atomic E-state index is 12.7. The van der Waals surface area contributed by atoms with E-state index in [4.69, 9.17) is 0 Å². The van der Waals surface area contributed by atoms with Crippen molar-refractivity contribution in [2.45, 2.75) is 0 Å². The summed E-state index contributed by atoms with van der Waals surface area (Å²) in [6.07, 6.45) is 3.43. The highest BCUT2D eigenvalue weighted by molar-refractivity contribution is 5.94. The number of aromatic nitrogens is 2. The highest BCUT2D eigenvalue weighted by Crippen LogP contribution is 2.17. The van der Waals surface area contributed by atoms with E-state index in [1.54, 1.807) is 12.4 Å². The van der Waals surface area contributed by atoms with E-state index in [0.717, 1.165) is 30.4 Å². The Hall–Kier alpha value is -3.41. The van der Waals surface area contributed by atoms with E-state index in [-0.39, 0.29) is 5.91 Å². The molecule has 0 atom stereocenters. The fourth-order valence-electron chi connectivity index (χ4n) is 3.13.